The molecule has 40 heavy (non-hydrogen) atoms. The van der Waals surface area contributed by atoms with Crippen LogP contribution in [0.4, 0.5) is 9.93 Å². The molecule has 210 valence electrons. The highest BCUT2D eigenvalue weighted by molar-refractivity contribution is 7.14. The molecule has 1 saturated heterocycles. The number of imide groups is 1. The Labute approximate surface area is 237 Å². The van der Waals surface area contributed by atoms with Crippen LogP contribution in [0.1, 0.15) is 53.8 Å². The molecule has 10 nitrogen and oxygen atoms in total. The van der Waals surface area contributed by atoms with Crippen molar-refractivity contribution >= 4 is 40.1 Å². The summed E-state index contributed by atoms with van der Waals surface area (Å²) < 4.78 is 5.73. The SMILES string of the molecule is CCC(=O)c1csc(NC(=O)[C@H]([C@@H](C)c2ccccc2)N2C(=O)N[C@H](c3ccc(OCCN(C)C)cc3)C2=O)n1. The highest BCUT2D eigenvalue weighted by Gasteiger charge is 2.47. The largest absolute Gasteiger partial charge is 0.492 e. The van der Waals surface area contributed by atoms with Crippen LogP contribution in [0, 0.1) is 0 Å². The van der Waals surface area contributed by atoms with E-state index in [4.69, 9.17) is 4.74 Å². The Bertz CT molecular complexity index is 1360. The molecule has 2 aromatic carbocycles. The molecule has 0 radical (unpaired) electrons. The lowest BCUT2D eigenvalue weighted by Gasteiger charge is -2.29. The number of anilines is 1. The Morgan fingerprint density at radius 3 is 2.48 bits per heavy atom. The number of thiazole rings is 1. The number of aromatic nitrogens is 1. The number of urea groups is 1. The summed E-state index contributed by atoms with van der Waals surface area (Å²) >= 11 is 1.11. The average Bonchev–Trinajstić information content (AvgIpc) is 3.53. The van der Waals surface area contributed by atoms with E-state index in [0.29, 0.717) is 17.9 Å². The molecule has 0 bridgehead atoms. The van der Waals surface area contributed by atoms with E-state index in [2.05, 4.69) is 15.6 Å². The van der Waals surface area contributed by atoms with Crippen LogP contribution in [0.15, 0.2) is 60.0 Å². The summed E-state index contributed by atoms with van der Waals surface area (Å²) in [4.78, 5) is 59.8. The number of nitrogens with one attached hydrogen (secondary N) is 2. The first kappa shape index (κ1) is 28.9. The van der Waals surface area contributed by atoms with Crippen LogP contribution in [-0.2, 0) is 9.59 Å². The zero-order chi connectivity index (χ0) is 28.8. The maximum atomic E-state index is 13.7. The van der Waals surface area contributed by atoms with Crippen molar-refractivity contribution in [2.75, 3.05) is 32.6 Å². The molecule has 1 aliphatic heterocycles. The van der Waals surface area contributed by atoms with E-state index in [1.807, 2.05) is 49.3 Å². The minimum atomic E-state index is -1.16. The Morgan fingerprint density at radius 2 is 1.82 bits per heavy atom. The smallest absolute Gasteiger partial charge is 0.325 e. The van der Waals surface area contributed by atoms with Gasteiger partial charge in [0.2, 0.25) is 5.91 Å². The van der Waals surface area contributed by atoms with Crippen molar-refractivity contribution in [2.45, 2.75) is 38.3 Å². The van der Waals surface area contributed by atoms with Crippen LogP contribution >= 0.6 is 11.3 Å². The number of amides is 4. The van der Waals surface area contributed by atoms with Gasteiger partial charge in [0.1, 0.15) is 30.1 Å². The fourth-order valence-electron chi connectivity index (χ4n) is 4.41. The second-order valence-electron chi connectivity index (χ2n) is 9.76. The van der Waals surface area contributed by atoms with E-state index in [-0.39, 0.29) is 23.0 Å². The first-order chi connectivity index (χ1) is 19.2. The average molecular weight is 564 g/mol. The number of benzene rings is 2. The fraction of sp³-hybridized carbons (Fsp3) is 0.345. The van der Waals surface area contributed by atoms with Gasteiger partial charge in [-0.25, -0.2) is 14.7 Å². The number of hydrogen-bond acceptors (Lipinski definition) is 8. The topological polar surface area (TPSA) is 121 Å². The van der Waals surface area contributed by atoms with Crippen LogP contribution in [0.3, 0.4) is 0 Å². The van der Waals surface area contributed by atoms with Gasteiger partial charge in [-0.05, 0) is 37.4 Å². The van der Waals surface area contributed by atoms with Gasteiger partial charge < -0.3 is 20.3 Å². The molecule has 1 fully saturated rings. The van der Waals surface area contributed by atoms with Crippen molar-refractivity contribution in [1.82, 2.24) is 20.1 Å². The number of carbonyl (C=O) groups excluding carboxylic acids is 4. The minimum Gasteiger partial charge on any atom is -0.492 e. The van der Waals surface area contributed by atoms with Gasteiger partial charge in [0, 0.05) is 24.3 Å². The van der Waals surface area contributed by atoms with Crippen molar-refractivity contribution < 1.29 is 23.9 Å². The van der Waals surface area contributed by atoms with E-state index in [1.54, 1.807) is 43.5 Å². The quantitative estimate of drug-likeness (QED) is 0.252. The molecule has 3 aromatic rings. The molecule has 2 heterocycles. The molecule has 0 aliphatic carbocycles. The predicted molar refractivity (Wildman–Crippen MR) is 153 cm³/mol. The second-order valence-corrected chi connectivity index (χ2v) is 10.6. The number of ether oxygens (including phenoxy) is 1. The molecular formula is C29H33N5O5S. The number of likely N-dealkylation sites (N-methyl/N-ethyl adjacent to an activating group) is 1. The Morgan fingerprint density at radius 1 is 1.12 bits per heavy atom. The van der Waals surface area contributed by atoms with E-state index < -0.39 is 35.8 Å². The van der Waals surface area contributed by atoms with Gasteiger partial charge in [-0.1, -0.05) is 56.3 Å². The summed E-state index contributed by atoms with van der Waals surface area (Å²) in [5, 5.41) is 7.25. The molecule has 0 saturated carbocycles. The summed E-state index contributed by atoms with van der Waals surface area (Å²) in [5.41, 5.74) is 1.63. The normalized spacial score (nSPS) is 16.5. The third-order valence-electron chi connectivity index (χ3n) is 6.68. The first-order valence-electron chi connectivity index (χ1n) is 13.0. The molecule has 0 unspecified atom stereocenters. The zero-order valence-electron chi connectivity index (χ0n) is 22.9. The van der Waals surface area contributed by atoms with Crippen molar-refractivity contribution in [3.05, 3.63) is 76.8 Å². The second kappa shape index (κ2) is 12.8. The van der Waals surface area contributed by atoms with Gasteiger partial charge in [0.05, 0.1) is 0 Å². The number of carbonyl (C=O) groups is 4. The van der Waals surface area contributed by atoms with Crippen LogP contribution in [-0.4, -0.2) is 71.7 Å². The van der Waals surface area contributed by atoms with Crippen molar-refractivity contribution in [2.24, 2.45) is 0 Å². The van der Waals surface area contributed by atoms with Crippen LogP contribution in [0.5, 0.6) is 5.75 Å². The highest BCUT2D eigenvalue weighted by Crippen LogP contribution is 2.32. The third-order valence-corrected chi connectivity index (χ3v) is 7.44. The van der Waals surface area contributed by atoms with Crippen LogP contribution in [0.2, 0.25) is 0 Å². The number of ketones is 1. The maximum absolute atomic E-state index is 13.7. The summed E-state index contributed by atoms with van der Waals surface area (Å²) in [6.45, 7) is 4.80. The molecule has 11 heteroatoms. The lowest BCUT2D eigenvalue weighted by Crippen LogP contribution is -2.50. The van der Waals surface area contributed by atoms with E-state index >= 15 is 0 Å². The lowest BCUT2D eigenvalue weighted by molar-refractivity contribution is -0.134. The van der Waals surface area contributed by atoms with Gasteiger partial charge in [-0.2, -0.15) is 0 Å². The molecule has 1 aromatic heterocycles. The van der Waals surface area contributed by atoms with Gasteiger partial charge in [-0.15, -0.1) is 11.3 Å². The van der Waals surface area contributed by atoms with Gasteiger partial charge in [-0.3, -0.25) is 14.4 Å². The van der Waals surface area contributed by atoms with Gasteiger partial charge in [0.25, 0.3) is 5.91 Å². The Hall–Kier alpha value is -4.09. The van der Waals surface area contributed by atoms with E-state index in [1.165, 1.54) is 0 Å². The fourth-order valence-corrected chi connectivity index (χ4v) is 5.13. The van der Waals surface area contributed by atoms with Crippen molar-refractivity contribution in [3.63, 3.8) is 0 Å². The number of rotatable bonds is 12. The maximum Gasteiger partial charge on any atom is 0.325 e. The summed E-state index contributed by atoms with van der Waals surface area (Å²) in [7, 11) is 3.92. The van der Waals surface area contributed by atoms with Crippen molar-refractivity contribution in [1.29, 1.82) is 0 Å². The number of hydrogen-bond donors (Lipinski definition) is 2. The predicted octanol–water partition coefficient (Wildman–Crippen LogP) is 4.08. The molecule has 4 rings (SSSR count). The zero-order valence-corrected chi connectivity index (χ0v) is 23.7. The summed E-state index contributed by atoms with van der Waals surface area (Å²) in [6.07, 6.45) is 0.289. The van der Waals surface area contributed by atoms with Gasteiger partial charge >= 0.3 is 6.03 Å². The standard InChI is InChI=1S/C29H33N5O5S/c1-5-23(35)22-17-40-28(30-22)32-26(36)25(18(2)19-9-7-6-8-10-19)34-27(37)24(31-29(34)38)20-11-13-21(14-12-20)39-16-15-33(3)4/h6-14,17-18,24-25H,5,15-16H2,1-4H3,(H,31,38)(H,30,32,36)/t18-,24+,25-/m0/s1. The molecule has 1 aliphatic rings. The number of nitrogens with zero attached hydrogens (tertiary/aromatic N) is 3. The van der Waals surface area contributed by atoms with Crippen LogP contribution < -0.4 is 15.4 Å². The summed E-state index contributed by atoms with van der Waals surface area (Å²) in [5.74, 6) is -1.13. The van der Waals surface area contributed by atoms with Gasteiger partial charge in [0.15, 0.2) is 10.9 Å². The first-order valence-corrected chi connectivity index (χ1v) is 13.9. The van der Waals surface area contributed by atoms with Crippen molar-refractivity contribution in [3.8, 4) is 5.75 Å². The summed E-state index contributed by atoms with van der Waals surface area (Å²) in [6, 6.07) is 13.4. The molecule has 0 spiro atoms. The molecule has 2 N–H and O–H groups in total. The Kier molecular flexibility index (Phi) is 9.28. The molecular weight excluding hydrogens is 530 g/mol. The minimum absolute atomic E-state index is 0.142. The Balaban J connectivity index is 1.57. The number of Topliss-reactive ketones (excluding diaryl/α,β-unsaturated/α-hetero) is 1. The van der Waals surface area contributed by atoms with E-state index in [9.17, 15) is 19.2 Å². The van der Waals surface area contributed by atoms with E-state index in [0.717, 1.165) is 28.3 Å². The molecule has 4 amide bonds. The molecule has 3 atom stereocenters. The van der Waals surface area contributed by atoms with Crippen LogP contribution in [0.25, 0.3) is 0 Å². The lowest BCUT2D eigenvalue weighted by atomic mass is 9.91. The monoisotopic (exact) mass is 563 g/mol. The third kappa shape index (κ3) is 6.54. The highest BCUT2D eigenvalue weighted by atomic mass is 32.1.